The van der Waals surface area contributed by atoms with Gasteiger partial charge in [0, 0.05) is 17.5 Å². The Hall–Kier alpha value is -0.230. The molecule has 0 amide bonds. The Bertz CT molecular complexity index is 497. The number of thiazole rings is 1. The van der Waals surface area contributed by atoms with E-state index in [1.165, 1.54) is 4.88 Å². The summed E-state index contributed by atoms with van der Waals surface area (Å²) in [6.07, 6.45) is 0. The summed E-state index contributed by atoms with van der Waals surface area (Å²) in [6.45, 7) is 7.33. The molecule has 0 unspecified atom stereocenters. The smallest absolute Gasteiger partial charge is 0.107 e. The van der Waals surface area contributed by atoms with Crippen LogP contribution in [0.25, 0.3) is 10.6 Å². The highest BCUT2D eigenvalue weighted by molar-refractivity contribution is 9.11. The largest absolute Gasteiger partial charge is 0.306 e. The number of hydrogen-bond donors (Lipinski definition) is 1. The van der Waals surface area contributed by atoms with Crippen molar-refractivity contribution in [3.8, 4) is 10.6 Å². The van der Waals surface area contributed by atoms with Crippen molar-refractivity contribution in [2.75, 3.05) is 0 Å². The average Bonchev–Trinajstić information content (AvgIpc) is 2.81. The second-order valence-corrected chi connectivity index (χ2v) is 8.24. The van der Waals surface area contributed by atoms with Gasteiger partial charge < -0.3 is 5.32 Å². The highest BCUT2D eigenvalue weighted by atomic mass is 79.9. The third kappa shape index (κ3) is 3.88. The number of aromatic nitrogens is 1. The van der Waals surface area contributed by atoms with Crippen molar-refractivity contribution in [2.45, 2.75) is 32.9 Å². The molecular formula is C12H15BrN2S2. The first kappa shape index (κ1) is 13.2. The zero-order chi connectivity index (χ0) is 12.5. The molecule has 0 atom stereocenters. The van der Waals surface area contributed by atoms with E-state index in [2.05, 4.69) is 64.5 Å². The number of halogens is 1. The van der Waals surface area contributed by atoms with E-state index in [9.17, 15) is 0 Å². The first-order valence-corrected chi connectivity index (χ1v) is 7.88. The molecule has 17 heavy (non-hydrogen) atoms. The van der Waals surface area contributed by atoms with E-state index in [4.69, 9.17) is 0 Å². The van der Waals surface area contributed by atoms with Gasteiger partial charge in [-0.15, -0.1) is 22.7 Å². The fourth-order valence-electron chi connectivity index (χ4n) is 1.30. The van der Waals surface area contributed by atoms with Gasteiger partial charge >= 0.3 is 0 Å². The molecule has 0 radical (unpaired) electrons. The van der Waals surface area contributed by atoms with Gasteiger partial charge in [0.25, 0.3) is 0 Å². The number of nitrogens with zero attached hydrogens (tertiary/aromatic N) is 1. The summed E-state index contributed by atoms with van der Waals surface area (Å²) in [5.74, 6) is 0. The molecule has 2 rings (SSSR count). The molecule has 0 saturated heterocycles. The predicted molar refractivity (Wildman–Crippen MR) is 79.7 cm³/mol. The van der Waals surface area contributed by atoms with Crippen molar-refractivity contribution in [1.82, 2.24) is 10.3 Å². The molecule has 2 heterocycles. The summed E-state index contributed by atoms with van der Waals surface area (Å²) in [5, 5.41) is 6.71. The summed E-state index contributed by atoms with van der Waals surface area (Å²) in [7, 11) is 0. The van der Waals surface area contributed by atoms with Crippen molar-refractivity contribution >= 4 is 38.6 Å². The van der Waals surface area contributed by atoms with Gasteiger partial charge in [0.05, 0.1) is 14.4 Å². The van der Waals surface area contributed by atoms with Gasteiger partial charge in [0.1, 0.15) is 5.01 Å². The third-order valence-electron chi connectivity index (χ3n) is 2.15. The lowest BCUT2D eigenvalue weighted by Gasteiger charge is -2.19. The van der Waals surface area contributed by atoms with Crippen molar-refractivity contribution in [3.05, 3.63) is 26.3 Å². The van der Waals surface area contributed by atoms with Crippen LogP contribution in [0, 0.1) is 0 Å². The van der Waals surface area contributed by atoms with Gasteiger partial charge in [-0.3, -0.25) is 0 Å². The van der Waals surface area contributed by atoms with E-state index in [-0.39, 0.29) is 5.54 Å². The second kappa shape index (κ2) is 5.18. The highest BCUT2D eigenvalue weighted by Crippen LogP contribution is 2.31. The van der Waals surface area contributed by atoms with Crippen LogP contribution in [0.3, 0.4) is 0 Å². The highest BCUT2D eigenvalue weighted by Gasteiger charge is 2.11. The van der Waals surface area contributed by atoms with Crippen LogP contribution in [0.15, 0.2) is 21.3 Å². The molecule has 2 nitrogen and oxygen atoms in total. The van der Waals surface area contributed by atoms with Crippen molar-refractivity contribution < 1.29 is 0 Å². The minimum atomic E-state index is 0.137. The van der Waals surface area contributed by atoms with E-state index in [0.29, 0.717) is 0 Å². The maximum Gasteiger partial charge on any atom is 0.107 e. The Morgan fingerprint density at radius 3 is 2.71 bits per heavy atom. The summed E-state index contributed by atoms with van der Waals surface area (Å²) >= 11 is 6.91. The SMILES string of the molecule is CC(C)(C)NCc1nc(-c2ccc(Br)s2)cs1. The van der Waals surface area contributed by atoms with Crippen LogP contribution in [0.4, 0.5) is 0 Å². The molecule has 92 valence electrons. The van der Waals surface area contributed by atoms with Gasteiger partial charge in [0.2, 0.25) is 0 Å². The van der Waals surface area contributed by atoms with Crippen molar-refractivity contribution in [1.29, 1.82) is 0 Å². The molecule has 0 aliphatic carbocycles. The predicted octanol–water partition coefficient (Wildman–Crippen LogP) is 4.52. The fraction of sp³-hybridized carbons (Fsp3) is 0.417. The van der Waals surface area contributed by atoms with Crippen LogP contribution in [0.5, 0.6) is 0 Å². The fourth-order valence-corrected chi connectivity index (χ4v) is 3.45. The van der Waals surface area contributed by atoms with E-state index in [1.807, 2.05) is 0 Å². The number of thiophene rings is 1. The topological polar surface area (TPSA) is 24.9 Å². The van der Waals surface area contributed by atoms with Crippen LogP contribution in [0.2, 0.25) is 0 Å². The van der Waals surface area contributed by atoms with Crippen molar-refractivity contribution in [2.24, 2.45) is 0 Å². The number of rotatable bonds is 3. The molecule has 0 saturated carbocycles. The van der Waals surface area contributed by atoms with Gasteiger partial charge in [0.15, 0.2) is 0 Å². The standard InChI is InChI=1S/C12H15BrN2S2/c1-12(2,3)14-6-11-15-8(7-16-11)9-4-5-10(13)17-9/h4-5,7,14H,6H2,1-3H3. The van der Waals surface area contributed by atoms with Gasteiger partial charge in [-0.25, -0.2) is 4.98 Å². The normalized spacial score (nSPS) is 12.0. The van der Waals surface area contributed by atoms with E-state index in [0.717, 1.165) is 21.0 Å². The second-order valence-electron chi connectivity index (χ2n) is 4.83. The molecule has 0 aliphatic heterocycles. The Labute approximate surface area is 118 Å². The van der Waals surface area contributed by atoms with E-state index >= 15 is 0 Å². The summed E-state index contributed by atoms with van der Waals surface area (Å²) in [4.78, 5) is 5.86. The summed E-state index contributed by atoms with van der Waals surface area (Å²) < 4.78 is 1.15. The maximum absolute atomic E-state index is 4.64. The minimum absolute atomic E-state index is 0.137. The van der Waals surface area contributed by atoms with Crippen LogP contribution in [0.1, 0.15) is 25.8 Å². The van der Waals surface area contributed by atoms with Crippen LogP contribution < -0.4 is 5.32 Å². The van der Waals surface area contributed by atoms with Gasteiger partial charge in [-0.1, -0.05) is 0 Å². The lowest BCUT2D eigenvalue weighted by Crippen LogP contribution is -2.34. The molecule has 2 aromatic rings. The van der Waals surface area contributed by atoms with Crippen LogP contribution in [-0.2, 0) is 6.54 Å². The van der Waals surface area contributed by atoms with Crippen LogP contribution in [-0.4, -0.2) is 10.5 Å². The Morgan fingerprint density at radius 1 is 1.35 bits per heavy atom. The lowest BCUT2D eigenvalue weighted by molar-refractivity contribution is 0.424. The lowest BCUT2D eigenvalue weighted by atomic mass is 10.1. The van der Waals surface area contributed by atoms with E-state index in [1.54, 1.807) is 22.7 Å². The molecular weight excluding hydrogens is 316 g/mol. The van der Waals surface area contributed by atoms with Crippen LogP contribution >= 0.6 is 38.6 Å². The molecule has 0 fully saturated rings. The molecule has 0 aromatic carbocycles. The zero-order valence-corrected chi connectivity index (χ0v) is 13.3. The average molecular weight is 331 g/mol. The van der Waals surface area contributed by atoms with Crippen molar-refractivity contribution in [3.63, 3.8) is 0 Å². The number of nitrogens with one attached hydrogen (secondary N) is 1. The quantitative estimate of drug-likeness (QED) is 0.894. The molecule has 0 bridgehead atoms. The third-order valence-corrected chi connectivity index (χ3v) is 4.64. The Morgan fingerprint density at radius 2 is 2.12 bits per heavy atom. The number of hydrogen-bond acceptors (Lipinski definition) is 4. The molecule has 0 spiro atoms. The first-order valence-electron chi connectivity index (χ1n) is 5.39. The molecule has 0 aliphatic rings. The van der Waals surface area contributed by atoms with E-state index < -0.39 is 0 Å². The Balaban J connectivity index is 2.06. The summed E-state index contributed by atoms with van der Waals surface area (Å²) in [5.41, 5.74) is 1.22. The van der Waals surface area contributed by atoms with Gasteiger partial charge in [-0.05, 0) is 48.8 Å². The summed E-state index contributed by atoms with van der Waals surface area (Å²) in [6, 6.07) is 4.16. The first-order chi connectivity index (χ1) is 7.94. The molecule has 2 aromatic heterocycles. The molecule has 5 heteroatoms. The van der Waals surface area contributed by atoms with Gasteiger partial charge in [-0.2, -0.15) is 0 Å². The zero-order valence-electron chi connectivity index (χ0n) is 10.1. The maximum atomic E-state index is 4.64. The monoisotopic (exact) mass is 330 g/mol. The Kier molecular flexibility index (Phi) is 4.02. The minimum Gasteiger partial charge on any atom is -0.306 e. The molecule has 1 N–H and O–H groups in total.